The minimum atomic E-state index is -1.44. The van der Waals surface area contributed by atoms with Crippen molar-refractivity contribution in [2.24, 2.45) is 0 Å². The Hall–Kier alpha value is -2.10. The third-order valence-corrected chi connectivity index (χ3v) is 4.11. The molecule has 1 aliphatic rings. The quantitative estimate of drug-likeness (QED) is 0.516. The van der Waals surface area contributed by atoms with Crippen molar-refractivity contribution in [2.45, 2.75) is 6.92 Å². The van der Waals surface area contributed by atoms with E-state index >= 15 is 0 Å². The van der Waals surface area contributed by atoms with Crippen molar-refractivity contribution in [3.05, 3.63) is 54.1 Å². The van der Waals surface area contributed by atoms with Crippen LogP contribution in [0.2, 0.25) is 0 Å². The van der Waals surface area contributed by atoms with Crippen LogP contribution in [-0.2, 0) is 0 Å². The summed E-state index contributed by atoms with van der Waals surface area (Å²) in [6.07, 6.45) is 0. The summed E-state index contributed by atoms with van der Waals surface area (Å²) in [4.78, 5) is 0. The van der Waals surface area contributed by atoms with E-state index in [1.54, 1.807) is 0 Å². The molecular formula is C17H13BO2. The summed E-state index contributed by atoms with van der Waals surface area (Å²) in [5.74, 6) is 0. The molecule has 0 amide bonds. The molecule has 0 bridgehead atoms. The van der Waals surface area contributed by atoms with Gasteiger partial charge in [-0.05, 0) is 45.4 Å². The smallest absolute Gasteiger partial charge is 0.423 e. The lowest BCUT2D eigenvalue weighted by molar-refractivity contribution is 0.426. The molecule has 0 unspecified atom stereocenters. The van der Waals surface area contributed by atoms with Crippen LogP contribution >= 0.6 is 0 Å². The monoisotopic (exact) mass is 260 g/mol. The third kappa shape index (κ3) is 1.42. The van der Waals surface area contributed by atoms with Gasteiger partial charge in [-0.3, -0.25) is 0 Å². The summed E-state index contributed by atoms with van der Waals surface area (Å²) in [5.41, 5.74) is 6.61. The van der Waals surface area contributed by atoms with Gasteiger partial charge in [-0.2, -0.15) is 0 Å². The van der Waals surface area contributed by atoms with Gasteiger partial charge in [0.1, 0.15) is 0 Å². The van der Waals surface area contributed by atoms with E-state index < -0.39 is 7.12 Å². The standard InChI is InChI=1S/C17H13BO2/c1-10-5-6-11-12-3-2-4-14-16(18(19)20)8-7-13(17(12)14)15(11)9-10/h2-9,19-20H,1H3. The van der Waals surface area contributed by atoms with Crippen molar-refractivity contribution >= 4 is 23.4 Å². The highest BCUT2D eigenvalue weighted by atomic mass is 16.4. The maximum absolute atomic E-state index is 9.54. The molecule has 0 saturated heterocycles. The van der Waals surface area contributed by atoms with Gasteiger partial charge in [0.25, 0.3) is 0 Å². The molecule has 3 aromatic carbocycles. The third-order valence-electron chi connectivity index (χ3n) is 4.11. The maximum Gasteiger partial charge on any atom is 0.489 e. The Labute approximate surface area is 117 Å². The van der Waals surface area contributed by atoms with Gasteiger partial charge in [0.2, 0.25) is 0 Å². The van der Waals surface area contributed by atoms with Crippen LogP contribution in [0.3, 0.4) is 0 Å². The molecule has 2 N–H and O–H groups in total. The second kappa shape index (κ2) is 3.95. The van der Waals surface area contributed by atoms with Crippen molar-refractivity contribution in [1.82, 2.24) is 0 Å². The van der Waals surface area contributed by atoms with Gasteiger partial charge >= 0.3 is 7.12 Å². The zero-order valence-corrected chi connectivity index (χ0v) is 11.1. The normalized spacial score (nSPS) is 11.8. The highest BCUT2D eigenvalue weighted by molar-refractivity contribution is 6.62. The lowest BCUT2D eigenvalue weighted by Crippen LogP contribution is -2.30. The van der Waals surface area contributed by atoms with E-state index in [0.717, 1.165) is 10.8 Å². The fourth-order valence-electron chi connectivity index (χ4n) is 3.22. The summed E-state index contributed by atoms with van der Waals surface area (Å²) in [7, 11) is -1.44. The predicted octanol–water partition coefficient (Wildman–Crippen LogP) is 2.48. The average molecular weight is 260 g/mol. The largest absolute Gasteiger partial charge is 0.489 e. The lowest BCUT2D eigenvalue weighted by Gasteiger charge is -2.08. The fourth-order valence-corrected chi connectivity index (χ4v) is 3.22. The highest BCUT2D eigenvalue weighted by Gasteiger charge is 2.24. The van der Waals surface area contributed by atoms with Crippen LogP contribution in [-0.4, -0.2) is 17.2 Å². The SMILES string of the molecule is Cc1ccc2c(c1)-c1ccc(B(O)O)c3cccc-2c13. The molecule has 0 spiro atoms. The second-order valence-electron chi connectivity index (χ2n) is 5.35. The molecule has 3 aromatic rings. The van der Waals surface area contributed by atoms with Crippen molar-refractivity contribution < 1.29 is 10.0 Å². The molecule has 96 valence electrons. The molecule has 0 saturated carbocycles. The van der Waals surface area contributed by atoms with Crippen molar-refractivity contribution in [2.75, 3.05) is 0 Å². The molecule has 0 atom stereocenters. The molecule has 4 rings (SSSR count). The molecule has 0 heterocycles. The van der Waals surface area contributed by atoms with E-state index in [2.05, 4.69) is 31.2 Å². The number of hydrogen-bond donors (Lipinski definition) is 2. The minimum Gasteiger partial charge on any atom is -0.423 e. The Morgan fingerprint density at radius 3 is 2.35 bits per heavy atom. The lowest BCUT2D eigenvalue weighted by atomic mass is 9.76. The Morgan fingerprint density at radius 1 is 0.800 bits per heavy atom. The molecule has 1 aliphatic carbocycles. The van der Waals surface area contributed by atoms with Crippen molar-refractivity contribution in [3.8, 4) is 22.3 Å². The van der Waals surface area contributed by atoms with Crippen LogP contribution in [0.4, 0.5) is 0 Å². The molecule has 0 aromatic heterocycles. The van der Waals surface area contributed by atoms with Crippen molar-refractivity contribution in [3.63, 3.8) is 0 Å². The summed E-state index contributed by atoms with van der Waals surface area (Å²) in [6.45, 7) is 2.09. The van der Waals surface area contributed by atoms with E-state index in [1.165, 1.54) is 27.8 Å². The number of aryl methyl sites for hydroxylation is 1. The van der Waals surface area contributed by atoms with E-state index in [-0.39, 0.29) is 0 Å². The van der Waals surface area contributed by atoms with Crippen LogP contribution in [0.1, 0.15) is 5.56 Å². The molecule has 3 heteroatoms. The van der Waals surface area contributed by atoms with Crippen LogP contribution in [0.25, 0.3) is 33.0 Å². The van der Waals surface area contributed by atoms with Gasteiger partial charge in [0.15, 0.2) is 0 Å². The van der Waals surface area contributed by atoms with E-state index in [4.69, 9.17) is 0 Å². The van der Waals surface area contributed by atoms with E-state index in [1.807, 2.05) is 24.3 Å². The van der Waals surface area contributed by atoms with Gasteiger partial charge in [-0.1, -0.05) is 54.1 Å². The van der Waals surface area contributed by atoms with E-state index in [9.17, 15) is 10.0 Å². The molecule has 0 aliphatic heterocycles. The second-order valence-corrected chi connectivity index (χ2v) is 5.35. The first-order valence-electron chi connectivity index (χ1n) is 6.70. The topological polar surface area (TPSA) is 40.5 Å². The first-order chi connectivity index (χ1) is 9.66. The number of hydrogen-bond acceptors (Lipinski definition) is 2. The number of rotatable bonds is 1. The predicted molar refractivity (Wildman–Crippen MR) is 82.9 cm³/mol. The van der Waals surface area contributed by atoms with Crippen LogP contribution in [0.15, 0.2) is 48.5 Å². The minimum absolute atomic E-state index is 0.565. The first-order valence-corrected chi connectivity index (χ1v) is 6.70. The van der Waals surface area contributed by atoms with Crippen molar-refractivity contribution in [1.29, 1.82) is 0 Å². The van der Waals surface area contributed by atoms with Gasteiger partial charge in [0, 0.05) is 0 Å². The Kier molecular flexibility index (Phi) is 2.31. The molecule has 0 fully saturated rings. The zero-order valence-electron chi connectivity index (χ0n) is 11.1. The van der Waals surface area contributed by atoms with Gasteiger partial charge < -0.3 is 10.0 Å². The van der Waals surface area contributed by atoms with Crippen LogP contribution < -0.4 is 5.46 Å². The van der Waals surface area contributed by atoms with E-state index in [0.29, 0.717) is 5.46 Å². The molecule has 2 nitrogen and oxygen atoms in total. The van der Waals surface area contributed by atoms with Gasteiger partial charge in [-0.25, -0.2) is 0 Å². The Balaban J connectivity index is 2.17. The van der Waals surface area contributed by atoms with Crippen LogP contribution in [0.5, 0.6) is 0 Å². The summed E-state index contributed by atoms with van der Waals surface area (Å²) < 4.78 is 0. The average Bonchev–Trinajstić information content (AvgIpc) is 2.75. The first kappa shape index (κ1) is 11.7. The van der Waals surface area contributed by atoms with Gasteiger partial charge in [0.05, 0.1) is 0 Å². The fraction of sp³-hybridized carbons (Fsp3) is 0.0588. The molecule has 0 radical (unpaired) electrons. The zero-order chi connectivity index (χ0) is 13.9. The van der Waals surface area contributed by atoms with Crippen LogP contribution in [0, 0.1) is 6.92 Å². The Morgan fingerprint density at radius 2 is 1.55 bits per heavy atom. The summed E-state index contributed by atoms with van der Waals surface area (Å²) >= 11 is 0. The summed E-state index contributed by atoms with van der Waals surface area (Å²) in [5, 5.41) is 21.1. The van der Waals surface area contributed by atoms with Gasteiger partial charge in [-0.15, -0.1) is 0 Å². The summed E-state index contributed by atoms with van der Waals surface area (Å²) in [6, 6.07) is 16.3. The Bertz CT molecular complexity index is 853. The number of fused-ring (bicyclic) bond motifs is 3. The number of benzene rings is 3. The maximum atomic E-state index is 9.54. The molecular weight excluding hydrogens is 247 g/mol. The highest BCUT2D eigenvalue weighted by Crippen LogP contribution is 2.46. The molecule has 20 heavy (non-hydrogen) atoms.